The summed E-state index contributed by atoms with van der Waals surface area (Å²) in [5.41, 5.74) is 4.45. The SMILES string of the molecule is CCCN(CC)C(=O)c1ccc(-c2cc(-c3cccc(OC)c3)n[nH]2)cc1. The fourth-order valence-electron chi connectivity index (χ4n) is 3.05. The van der Waals surface area contributed by atoms with E-state index in [4.69, 9.17) is 4.74 Å². The second kappa shape index (κ2) is 8.54. The van der Waals surface area contributed by atoms with Crippen molar-refractivity contribution in [3.05, 3.63) is 60.2 Å². The molecule has 0 saturated heterocycles. The van der Waals surface area contributed by atoms with E-state index in [0.717, 1.165) is 47.8 Å². The lowest BCUT2D eigenvalue weighted by atomic mass is 10.1. The molecule has 0 saturated carbocycles. The average molecular weight is 363 g/mol. The fraction of sp³-hybridized carbons (Fsp3) is 0.273. The maximum Gasteiger partial charge on any atom is 0.253 e. The number of benzene rings is 2. The second-order valence-corrected chi connectivity index (χ2v) is 6.36. The minimum atomic E-state index is 0.0765. The van der Waals surface area contributed by atoms with E-state index in [1.54, 1.807) is 7.11 Å². The zero-order valence-corrected chi connectivity index (χ0v) is 16.0. The summed E-state index contributed by atoms with van der Waals surface area (Å²) in [5.74, 6) is 0.875. The van der Waals surface area contributed by atoms with Gasteiger partial charge < -0.3 is 9.64 Å². The standard InChI is InChI=1S/C22H25N3O2/c1-4-13-25(5-2)22(26)17-11-9-16(10-12-17)20-15-21(24-23-20)18-7-6-8-19(14-18)27-3/h6-12,14-15H,4-5,13H2,1-3H3,(H,23,24). The summed E-state index contributed by atoms with van der Waals surface area (Å²) < 4.78 is 5.28. The van der Waals surface area contributed by atoms with Gasteiger partial charge in [-0.1, -0.05) is 31.2 Å². The predicted octanol–water partition coefficient (Wildman–Crippen LogP) is 4.62. The van der Waals surface area contributed by atoms with E-state index in [2.05, 4.69) is 17.1 Å². The normalized spacial score (nSPS) is 10.6. The van der Waals surface area contributed by atoms with Crippen molar-refractivity contribution in [1.29, 1.82) is 0 Å². The highest BCUT2D eigenvalue weighted by Crippen LogP contribution is 2.26. The van der Waals surface area contributed by atoms with Gasteiger partial charge in [-0.3, -0.25) is 9.89 Å². The van der Waals surface area contributed by atoms with E-state index in [0.29, 0.717) is 5.56 Å². The molecule has 0 bridgehead atoms. The number of hydrogen-bond acceptors (Lipinski definition) is 3. The molecule has 0 spiro atoms. The molecule has 1 aromatic heterocycles. The first kappa shape index (κ1) is 18.7. The van der Waals surface area contributed by atoms with Gasteiger partial charge in [-0.2, -0.15) is 5.10 Å². The van der Waals surface area contributed by atoms with Crippen molar-refractivity contribution in [3.63, 3.8) is 0 Å². The molecule has 0 aliphatic rings. The highest BCUT2D eigenvalue weighted by molar-refractivity contribution is 5.94. The van der Waals surface area contributed by atoms with Crippen LogP contribution in [0.15, 0.2) is 54.6 Å². The van der Waals surface area contributed by atoms with Crippen LogP contribution in [0, 0.1) is 0 Å². The van der Waals surface area contributed by atoms with Crippen molar-refractivity contribution in [2.75, 3.05) is 20.2 Å². The van der Waals surface area contributed by atoms with Crippen LogP contribution in [0.25, 0.3) is 22.5 Å². The van der Waals surface area contributed by atoms with Crippen molar-refractivity contribution in [2.24, 2.45) is 0 Å². The first-order valence-corrected chi connectivity index (χ1v) is 9.25. The molecule has 1 N–H and O–H groups in total. The molecule has 0 aliphatic carbocycles. The minimum Gasteiger partial charge on any atom is -0.497 e. The lowest BCUT2D eigenvalue weighted by Crippen LogP contribution is -2.31. The topological polar surface area (TPSA) is 58.2 Å². The van der Waals surface area contributed by atoms with Crippen molar-refractivity contribution < 1.29 is 9.53 Å². The molecule has 3 rings (SSSR count). The zero-order chi connectivity index (χ0) is 19.2. The lowest BCUT2D eigenvalue weighted by Gasteiger charge is -2.20. The molecule has 140 valence electrons. The van der Waals surface area contributed by atoms with Gasteiger partial charge in [0.15, 0.2) is 0 Å². The number of nitrogens with one attached hydrogen (secondary N) is 1. The molecule has 2 aromatic carbocycles. The number of carbonyl (C=O) groups excluding carboxylic acids is 1. The van der Waals surface area contributed by atoms with Crippen molar-refractivity contribution in [3.8, 4) is 28.3 Å². The molecule has 27 heavy (non-hydrogen) atoms. The van der Waals surface area contributed by atoms with E-state index in [1.807, 2.05) is 66.4 Å². The molecule has 0 fully saturated rings. The van der Waals surface area contributed by atoms with Crippen LogP contribution in [0.1, 0.15) is 30.6 Å². The van der Waals surface area contributed by atoms with Gasteiger partial charge >= 0.3 is 0 Å². The first-order valence-electron chi connectivity index (χ1n) is 9.25. The number of methoxy groups -OCH3 is 1. The van der Waals surface area contributed by atoms with E-state index >= 15 is 0 Å². The van der Waals surface area contributed by atoms with Crippen molar-refractivity contribution in [1.82, 2.24) is 15.1 Å². The van der Waals surface area contributed by atoms with Crippen LogP contribution in [-0.2, 0) is 0 Å². The summed E-state index contributed by atoms with van der Waals surface area (Å²) in [5, 5.41) is 7.48. The van der Waals surface area contributed by atoms with Crippen LogP contribution >= 0.6 is 0 Å². The molecule has 1 heterocycles. The Morgan fingerprint density at radius 1 is 1.07 bits per heavy atom. The Morgan fingerprint density at radius 3 is 2.52 bits per heavy atom. The summed E-state index contributed by atoms with van der Waals surface area (Å²) in [4.78, 5) is 14.4. The summed E-state index contributed by atoms with van der Waals surface area (Å²) in [6.45, 7) is 5.59. The number of amides is 1. The van der Waals surface area contributed by atoms with Gasteiger partial charge in [-0.15, -0.1) is 0 Å². The first-order chi connectivity index (χ1) is 13.2. The maximum absolute atomic E-state index is 12.6. The van der Waals surface area contributed by atoms with Gasteiger partial charge in [-0.05, 0) is 49.2 Å². The van der Waals surface area contributed by atoms with Crippen LogP contribution in [0.4, 0.5) is 0 Å². The average Bonchev–Trinajstić information content (AvgIpc) is 3.22. The van der Waals surface area contributed by atoms with Crippen LogP contribution < -0.4 is 4.74 Å². The van der Waals surface area contributed by atoms with E-state index < -0.39 is 0 Å². The van der Waals surface area contributed by atoms with E-state index in [-0.39, 0.29) is 5.91 Å². The predicted molar refractivity (Wildman–Crippen MR) is 108 cm³/mol. The van der Waals surface area contributed by atoms with Gasteiger partial charge in [0.25, 0.3) is 5.91 Å². The molecule has 1 amide bonds. The van der Waals surface area contributed by atoms with Crippen LogP contribution in [0.5, 0.6) is 5.75 Å². The molecule has 5 heteroatoms. The van der Waals surface area contributed by atoms with Gasteiger partial charge in [0.05, 0.1) is 18.5 Å². The number of hydrogen-bond donors (Lipinski definition) is 1. The number of H-pyrrole nitrogens is 1. The van der Waals surface area contributed by atoms with E-state index in [1.165, 1.54) is 0 Å². The maximum atomic E-state index is 12.6. The van der Waals surface area contributed by atoms with Gasteiger partial charge in [0.1, 0.15) is 5.75 Å². The number of aromatic amines is 1. The summed E-state index contributed by atoms with van der Waals surface area (Å²) in [6.07, 6.45) is 0.957. The largest absolute Gasteiger partial charge is 0.497 e. The Morgan fingerprint density at radius 2 is 1.85 bits per heavy atom. The fourth-order valence-corrected chi connectivity index (χ4v) is 3.05. The number of carbonyl (C=O) groups is 1. The molecule has 3 aromatic rings. The third-order valence-corrected chi connectivity index (χ3v) is 4.55. The minimum absolute atomic E-state index is 0.0765. The van der Waals surface area contributed by atoms with Crippen LogP contribution in [-0.4, -0.2) is 41.2 Å². The highest BCUT2D eigenvalue weighted by Gasteiger charge is 2.14. The number of ether oxygens (including phenoxy) is 1. The molecule has 0 radical (unpaired) electrons. The molecular weight excluding hydrogens is 338 g/mol. The monoisotopic (exact) mass is 363 g/mol. The lowest BCUT2D eigenvalue weighted by molar-refractivity contribution is 0.0764. The van der Waals surface area contributed by atoms with Crippen LogP contribution in [0.2, 0.25) is 0 Å². The number of nitrogens with zero attached hydrogens (tertiary/aromatic N) is 2. The smallest absolute Gasteiger partial charge is 0.253 e. The zero-order valence-electron chi connectivity index (χ0n) is 16.0. The summed E-state index contributed by atoms with van der Waals surface area (Å²) >= 11 is 0. The quantitative estimate of drug-likeness (QED) is 0.666. The summed E-state index contributed by atoms with van der Waals surface area (Å²) in [7, 11) is 1.65. The van der Waals surface area contributed by atoms with E-state index in [9.17, 15) is 4.79 Å². The number of rotatable bonds is 7. The van der Waals surface area contributed by atoms with Gasteiger partial charge in [0, 0.05) is 24.2 Å². The Balaban J connectivity index is 1.80. The van der Waals surface area contributed by atoms with Crippen LogP contribution in [0.3, 0.4) is 0 Å². The third kappa shape index (κ3) is 4.19. The Hall–Kier alpha value is -3.08. The molecule has 5 nitrogen and oxygen atoms in total. The molecule has 0 unspecified atom stereocenters. The second-order valence-electron chi connectivity index (χ2n) is 6.36. The summed E-state index contributed by atoms with van der Waals surface area (Å²) in [6, 6.07) is 17.5. The van der Waals surface area contributed by atoms with Crippen molar-refractivity contribution >= 4 is 5.91 Å². The molecule has 0 aliphatic heterocycles. The highest BCUT2D eigenvalue weighted by atomic mass is 16.5. The Labute approximate surface area is 160 Å². The Kier molecular flexibility index (Phi) is 5.91. The van der Waals surface area contributed by atoms with Crippen molar-refractivity contribution in [2.45, 2.75) is 20.3 Å². The third-order valence-electron chi connectivity index (χ3n) is 4.55. The number of aromatic nitrogens is 2. The Bertz CT molecular complexity index is 900. The van der Waals surface area contributed by atoms with Gasteiger partial charge in [0.2, 0.25) is 0 Å². The molecule has 0 atom stereocenters. The molecular formula is C22H25N3O2. The van der Waals surface area contributed by atoms with Gasteiger partial charge in [-0.25, -0.2) is 0 Å².